The molecule has 1 aromatic rings. The van der Waals surface area contributed by atoms with E-state index in [2.05, 4.69) is 44.0 Å². The van der Waals surface area contributed by atoms with Crippen molar-refractivity contribution in [1.29, 1.82) is 0 Å². The number of rotatable bonds is 0. The molecular weight excluding hydrogens is 361 g/mol. The van der Waals surface area contributed by atoms with Gasteiger partial charge in [-0.2, -0.15) is 17.5 Å². The molecule has 0 fully saturated rings. The third-order valence-corrected chi connectivity index (χ3v) is 2.05. The van der Waals surface area contributed by atoms with Gasteiger partial charge in [0.2, 0.25) is 0 Å². The average molecular weight is 374 g/mol. The molecule has 0 bridgehead atoms. The maximum Gasteiger partial charge on any atom is 0 e. The fourth-order valence-electron chi connectivity index (χ4n) is 1.43. The Morgan fingerprint density at radius 1 is 1.14 bits per heavy atom. The number of hydrogen-bond donors (Lipinski definition) is 0. The van der Waals surface area contributed by atoms with Crippen LogP contribution in [0.5, 0.6) is 0 Å². The molecule has 3 radical (unpaired) electrons. The minimum absolute atomic E-state index is 0. The van der Waals surface area contributed by atoms with Crippen molar-refractivity contribution in [3.8, 4) is 0 Å². The average Bonchev–Trinajstić information content (AvgIpc) is 2.34. The van der Waals surface area contributed by atoms with E-state index < -0.39 is 0 Å². The quantitative estimate of drug-likeness (QED) is 0.613. The Kier molecular flexibility index (Phi) is 15.2. The minimum atomic E-state index is 0. The van der Waals surface area contributed by atoms with Gasteiger partial charge in [0.1, 0.15) is 0 Å². The molecular formula is C11H13VY2-3. The summed E-state index contributed by atoms with van der Waals surface area (Å²) in [7, 11) is 0. The Morgan fingerprint density at radius 3 is 2.29 bits per heavy atom. The van der Waals surface area contributed by atoms with Crippen LogP contribution in [-0.4, -0.2) is 0 Å². The third kappa shape index (κ3) is 4.81. The predicted molar refractivity (Wildman–Crippen MR) is 49.0 cm³/mol. The molecule has 0 heterocycles. The molecule has 1 unspecified atom stereocenters. The molecule has 2 rings (SSSR count). The molecule has 0 aliphatic heterocycles. The van der Waals surface area contributed by atoms with Crippen molar-refractivity contribution in [2.45, 2.75) is 12.8 Å². The molecule has 0 N–H and O–H groups in total. The first kappa shape index (κ1) is 21.2. The number of fused-ring (bicyclic) bond motifs is 1. The second kappa shape index (κ2) is 10.1. The molecule has 0 aromatic heterocycles. The van der Waals surface area contributed by atoms with Gasteiger partial charge in [0.05, 0.1) is 0 Å². The maximum atomic E-state index is 2.24. The summed E-state index contributed by atoms with van der Waals surface area (Å²) in [5.41, 5.74) is 2.84. The van der Waals surface area contributed by atoms with E-state index in [0.29, 0.717) is 5.92 Å². The molecule has 71 valence electrons. The van der Waals surface area contributed by atoms with Gasteiger partial charge in [-0.05, 0) is 0 Å². The summed E-state index contributed by atoms with van der Waals surface area (Å²) < 4.78 is 0. The van der Waals surface area contributed by atoms with Crippen LogP contribution in [0, 0.1) is 20.3 Å². The van der Waals surface area contributed by atoms with Crippen molar-refractivity contribution in [3.63, 3.8) is 0 Å². The van der Waals surface area contributed by atoms with E-state index in [1.807, 2.05) is 0 Å². The molecule has 1 aromatic carbocycles. The van der Waals surface area contributed by atoms with E-state index in [0.717, 1.165) is 0 Å². The molecule has 3 heteroatoms. The zero-order valence-electron chi connectivity index (χ0n) is 8.64. The summed E-state index contributed by atoms with van der Waals surface area (Å²) >= 11 is 0. The second-order valence-corrected chi connectivity index (χ2v) is 2.78. The summed E-state index contributed by atoms with van der Waals surface area (Å²) in [6, 6.07) is 8.54. The monoisotopic (exact) mass is 374 g/mol. The van der Waals surface area contributed by atoms with Gasteiger partial charge in [-0.25, -0.2) is 5.56 Å². The Hall–Kier alpha value is 1.88. The third-order valence-electron chi connectivity index (χ3n) is 2.05. The molecule has 0 spiro atoms. The van der Waals surface area contributed by atoms with Crippen LogP contribution >= 0.6 is 0 Å². The van der Waals surface area contributed by atoms with Gasteiger partial charge in [0.15, 0.2) is 0 Å². The molecule has 1 aliphatic carbocycles. The second-order valence-electron chi connectivity index (χ2n) is 2.78. The smallest absolute Gasteiger partial charge is 0 e. The normalized spacial score (nSPS) is 15.6. The van der Waals surface area contributed by atoms with Gasteiger partial charge in [0.25, 0.3) is 0 Å². The molecule has 0 amide bonds. The van der Waals surface area contributed by atoms with Gasteiger partial charge in [-0.3, -0.25) is 0 Å². The summed E-state index contributed by atoms with van der Waals surface area (Å²) in [6.07, 6.45) is 4.44. The van der Waals surface area contributed by atoms with Gasteiger partial charge in [-0.15, -0.1) is 12.1 Å². The first-order valence-corrected chi connectivity index (χ1v) is 3.65. The van der Waals surface area contributed by atoms with Gasteiger partial charge in [0, 0.05) is 84.0 Å². The SMILES string of the molecule is CC1[CH-][CH-]c2ccccc21.[CH3-].[V].[Y].[Y]. The van der Waals surface area contributed by atoms with Crippen molar-refractivity contribution in [2.75, 3.05) is 0 Å². The van der Waals surface area contributed by atoms with Crippen LogP contribution in [-0.2, 0) is 84.0 Å². The topological polar surface area (TPSA) is 0 Å². The van der Waals surface area contributed by atoms with Crippen LogP contribution in [0.15, 0.2) is 24.3 Å². The van der Waals surface area contributed by atoms with E-state index in [1.165, 1.54) is 11.1 Å². The largest absolute Gasteiger partial charge is 0.372 e. The van der Waals surface area contributed by atoms with Crippen molar-refractivity contribution in [1.82, 2.24) is 0 Å². The molecule has 1 aliphatic rings. The van der Waals surface area contributed by atoms with Crippen molar-refractivity contribution < 1.29 is 84.0 Å². The van der Waals surface area contributed by atoms with Crippen molar-refractivity contribution in [2.24, 2.45) is 0 Å². The molecule has 1 atom stereocenters. The molecule has 14 heavy (non-hydrogen) atoms. The minimum Gasteiger partial charge on any atom is -0.372 e. The van der Waals surface area contributed by atoms with E-state index in [4.69, 9.17) is 0 Å². The van der Waals surface area contributed by atoms with Gasteiger partial charge < -0.3 is 20.3 Å². The van der Waals surface area contributed by atoms with Crippen molar-refractivity contribution in [3.05, 3.63) is 55.7 Å². The molecule has 0 nitrogen and oxygen atoms in total. The maximum absolute atomic E-state index is 2.24. The van der Waals surface area contributed by atoms with E-state index in [9.17, 15) is 0 Å². The van der Waals surface area contributed by atoms with Crippen molar-refractivity contribution >= 4 is 0 Å². The predicted octanol–water partition coefficient (Wildman–Crippen LogP) is 3.00. The van der Waals surface area contributed by atoms with Crippen LogP contribution in [0.1, 0.15) is 24.0 Å². The van der Waals surface area contributed by atoms with Gasteiger partial charge in [-0.1, -0.05) is 13.0 Å². The Bertz CT molecular complexity index is 251. The van der Waals surface area contributed by atoms with Gasteiger partial charge >= 0.3 is 0 Å². The fourth-order valence-corrected chi connectivity index (χ4v) is 1.43. The summed E-state index contributed by atoms with van der Waals surface area (Å²) in [5, 5.41) is 0. The summed E-state index contributed by atoms with van der Waals surface area (Å²) in [5.74, 6) is 0.621. The van der Waals surface area contributed by atoms with Crippen LogP contribution in [0.25, 0.3) is 0 Å². The zero-order valence-corrected chi connectivity index (χ0v) is 15.7. The first-order valence-electron chi connectivity index (χ1n) is 3.65. The van der Waals surface area contributed by atoms with Crippen LogP contribution in [0.2, 0.25) is 0 Å². The summed E-state index contributed by atoms with van der Waals surface area (Å²) in [6.45, 7) is 2.22. The van der Waals surface area contributed by atoms with E-state index in [-0.39, 0.29) is 91.4 Å². The van der Waals surface area contributed by atoms with Crippen LogP contribution < -0.4 is 0 Å². The first-order chi connectivity index (χ1) is 4.88. The standard InChI is InChI=1S/C10H10.CH3.V.2Y/c1-8-6-7-9-4-2-3-5-10(8)9;;;;/h2-8H,1H3;1H3;;;/q-2;-1;;;. The Labute approximate surface area is 150 Å². The fraction of sp³-hybridized carbons (Fsp3) is 0.182. The van der Waals surface area contributed by atoms with E-state index >= 15 is 0 Å². The summed E-state index contributed by atoms with van der Waals surface area (Å²) in [4.78, 5) is 0. The number of hydrogen-bond acceptors (Lipinski definition) is 0. The Morgan fingerprint density at radius 2 is 1.71 bits per heavy atom. The molecule has 0 saturated heterocycles. The zero-order chi connectivity index (χ0) is 6.97. The number of benzene rings is 1. The van der Waals surface area contributed by atoms with E-state index in [1.54, 1.807) is 0 Å². The van der Waals surface area contributed by atoms with Crippen LogP contribution in [0.4, 0.5) is 0 Å². The van der Waals surface area contributed by atoms with Crippen LogP contribution in [0.3, 0.4) is 0 Å². The Balaban J connectivity index is -0.000000302. The molecule has 0 saturated carbocycles.